The van der Waals surface area contributed by atoms with Gasteiger partial charge in [-0.25, -0.2) is 0 Å². The summed E-state index contributed by atoms with van der Waals surface area (Å²) < 4.78 is 1.85. The number of benzene rings is 6. The van der Waals surface area contributed by atoms with Crippen molar-refractivity contribution >= 4 is 55.0 Å². The molecule has 0 saturated carbocycles. The summed E-state index contributed by atoms with van der Waals surface area (Å²) in [5.74, 6) is 0.117. The van der Waals surface area contributed by atoms with Crippen LogP contribution in [0.5, 0.6) is 0 Å². The van der Waals surface area contributed by atoms with E-state index in [2.05, 4.69) is 151 Å². The van der Waals surface area contributed by atoms with Crippen LogP contribution in [0.15, 0.2) is 155 Å². The SMILES string of the molecule is O=C1N(Cc2ccccc2)c2cc(Br)ccc2[C@]12[C@H]1c3ccccc3CCN1[C@]1(C(=O)N(Cc3ccccc3)c3cc(Br)ccc31)[C@H]1c3ccccc3CCN12. The fraction of sp³-hybridized carbons (Fsp3) is 0.208. The number of halogens is 2. The zero-order valence-electron chi connectivity index (χ0n) is 30.6. The summed E-state index contributed by atoms with van der Waals surface area (Å²) in [6.45, 7) is 2.13. The largest absolute Gasteiger partial charge is 0.306 e. The van der Waals surface area contributed by atoms with Crippen molar-refractivity contribution < 1.29 is 9.59 Å². The van der Waals surface area contributed by atoms with Gasteiger partial charge in [-0.2, -0.15) is 0 Å². The van der Waals surface area contributed by atoms with Crippen LogP contribution >= 0.6 is 31.9 Å². The van der Waals surface area contributed by atoms with E-state index >= 15 is 9.59 Å². The molecule has 2 spiro atoms. The highest BCUT2D eigenvalue weighted by atomic mass is 79.9. The first kappa shape index (κ1) is 34.4. The average molecular weight is 863 g/mol. The molecule has 8 heteroatoms. The fourth-order valence-electron chi connectivity index (χ4n) is 11.0. The van der Waals surface area contributed by atoms with Crippen LogP contribution in [0.3, 0.4) is 0 Å². The lowest BCUT2D eigenvalue weighted by Gasteiger charge is -2.66. The molecule has 56 heavy (non-hydrogen) atoms. The maximum Gasteiger partial charge on any atom is 0.254 e. The van der Waals surface area contributed by atoms with Gasteiger partial charge in [0.1, 0.15) is 11.1 Å². The van der Waals surface area contributed by atoms with Gasteiger partial charge < -0.3 is 9.80 Å². The van der Waals surface area contributed by atoms with Gasteiger partial charge in [0.15, 0.2) is 0 Å². The number of hydrogen-bond acceptors (Lipinski definition) is 4. The number of carbonyl (C=O) groups is 2. The van der Waals surface area contributed by atoms with Gasteiger partial charge in [0.25, 0.3) is 11.8 Å². The molecule has 6 nitrogen and oxygen atoms in total. The summed E-state index contributed by atoms with van der Waals surface area (Å²) >= 11 is 7.59. The summed E-state index contributed by atoms with van der Waals surface area (Å²) in [5, 5.41) is 0. The van der Waals surface area contributed by atoms with Crippen LogP contribution in [0.2, 0.25) is 0 Å². The van der Waals surface area contributed by atoms with Crippen molar-refractivity contribution in [1.82, 2.24) is 9.80 Å². The quantitative estimate of drug-likeness (QED) is 0.177. The highest BCUT2D eigenvalue weighted by Crippen LogP contribution is 2.69. The second-order valence-electron chi connectivity index (χ2n) is 15.7. The number of nitrogens with zero attached hydrogens (tertiary/aromatic N) is 4. The number of carbonyl (C=O) groups excluding carboxylic acids is 2. The third-order valence-corrected chi connectivity index (χ3v) is 14.1. The number of fused-ring (bicyclic) bond motifs is 14. The van der Waals surface area contributed by atoms with Crippen LogP contribution in [0.4, 0.5) is 11.4 Å². The highest BCUT2D eigenvalue weighted by molar-refractivity contribution is 9.10. The van der Waals surface area contributed by atoms with Crippen molar-refractivity contribution in [3.8, 4) is 0 Å². The Morgan fingerprint density at radius 2 is 0.893 bits per heavy atom. The molecular formula is C48H38Br2N4O2. The lowest BCUT2D eigenvalue weighted by molar-refractivity contribution is -0.192. The lowest BCUT2D eigenvalue weighted by atomic mass is 9.62. The van der Waals surface area contributed by atoms with Gasteiger partial charge in [-0.05, 0) is 70.5 Å². The molecular weight excluding hydrogens is 824 g/mol. The van der Waals surface area contributed by atoms with Gasteiger partial charge >= 0.3 is 0 Å². The average Bonchev–Trinajstić information content (AvgIpc) is 3.60. The maximum atomic E-state index is 16.3. The number of anilines is 2. The molecule has 4 atom stereocenters. The van der Waals surface area contributed by atoms with Crippen LogP contribution in [-0.2, 0) is 46.6 Å². The van der Waals surface area contributed by atoms with Crippen LogP contribution in [0.1, 0.15) is 56.6 Å². The van der Waals surface area contributed by atoms with Gasteiger partial charge in [0.2, 0.25) is 0 Å². The highest BCUT2D eigenvalue weighted by Gasteiger charge is 2.75. The Morgan fingerprint density at radius 1 is 0.500 bits per heavy atom. The third kappa shape index (κ3) is 4.61. The minimum atomic E-state index is -1.13. The second-order valence-corrected chi connectivity index (χ2v) is 17.5. The van der Waals surface area contributed by atoms with Crippen molar-refractivity contribution in [2.45, 2.75) is 49.1 Å². The summed E-state index contributed by atoms with van der Waals surface area (Å²) in [4.78, 5) is 41.6. The second kappa shape index (κ2) is 12.8. The first-order valence-corrected chi connectivity index (χ1v) is 21.0. The molecule has 5 aliphatic heterocycles. The third-order valence-electron chi connectivity index (χ3n) is 13.1. The minimum absolute atomic E-state index is 0.0583. The zero-order valence-corrected chi connectivity index (χ0v) is 33.8. The Hall–Kier alpha value is -4.86. The standard InChI is InChI=1S/C48H38Br2N4O2/c49-35-19-21-39-41(27-35)51(29-31-11-3-1-4-12-31)45(55)47(39)43-37-17-9-7-15-33(37)24-26-54(43)48(44-38-18-10-8-16-34(38)23-25-53(44)47)40-22-20-36(50)28-42(40)52(46(48)56)30-32-13-5-2-6-14-32/h1-22,27-28,43-44H,23-26,29-30H2/t43-,44-,47+,48+/m1/s1. The molecule has 0 aliphatic carbocycles. The molecule has 0 radical (unpaired) electrons. The Balaban J connectivity index is 1.23. The molecule has 0 unspecified atom stereocenters. The van der Waals surface area contributed by atoms with Crippen molar-refractivity contribution in [1.29, 1.82) is 0 Å². The summed E-state index contributed by atoms with van der Waals surface area (Å²) in [7, 11) is 0. The smallest absolute Gasteiger partial charge is 0.254 e. The minimum Gasteiger partial charge on any atom is -0.306 e. The van der Waals surface area contributed by atoms with Crippen molar-refractivity contribution in [3.05, 3.63) is 199 Å². The van der Waals surface area contributed by atoms with E-state index < -0.39 is 23.2 Å². The number of rotatable bonds is 4. The van der Waals surface area contributed by atoms with Crippen molar-refractivity contribution in [3.63, 3.8) is 0 Å². The molecule has 6 aromatic rings. The molecule has 11 rings (SSSR count). The summed E-state index contributed by atoms with van der Waals surface area (Å²) in [5.41, 5.74) is 8.39. The van der Waals surface area contributed by atoms with E-state index in [1.165, 1.54) is 11.1 Å². The fourth-order valence-corrected chi connectivity index (χ4v) is 11.7. The van der Waals surface area contributed by atoms with E-state index in [0.717, 1.165) is 66.5 Å². The lowest BCUT2D eigenvalue weighted by Crippen LogP contribution is -2.76. The number of amides is 2. The van der Waals surface area contributed by atoms with Gasteiger partial charge in [-0.1, -0.05) is 153 Å². The van der Waals surface area contributed by atoms with Gasteiger partial charge in [-0.15, -0.1) is 0 Å². The Labute approximate surface area is 343 Å². The Bertz CT molecular complexity index is 2400. The Kier molecular flexibility index (Phi) is 7.88. The zero-order chi connectivity index (χ0) is 37.8. The number of hydrogen-bond donors (Lipinski definition) is 0. The van der Waals surface area contributed by atoms with Crippen LogP contribution < -0.4 is 9.80 Å². The predicted molar refractivity (Wildman–Crippen MR) is 226 cm³/mol. The van der Waals surface area contributed by atoms with E-state index in [1.807, 2.05) is 46.2 Å². The molecule has 0 bridgehead atoms. The Morgan fingerprint density at radius 3 is 1.32 bits per heavy atom. The molecule has 5 heterocycles. The topological polar surface area (TPSA) is 47.1 Å². The van der Waals surface area contributed by atoms with E-state index in [-0.39, 0.29) is 11.8 Å². The van der Waals surface area contributed by atoms with Gasteiger partial charge in [-0.3, -0.25) is 19.4 Å². The summed E-state index contributed by atoms with van der Waals surface area (Å²) in [6.07, 6.45) is 1.54. The molecule has 1 saturated heterocycles. The van der Waals surface area contributed by atoms with Crippen LogP contribution in [-0.4, -0.2) is 34.7 Å². The van der Waals surface area contributed by atoms with Crippen molar-refractivity contribution in [2.24, 2.45) is 0 Å². The molecule has 5 aliphatic rings. The van der Waals surface area contributed by atoms with E-state index in [0.29, 0.717) is 26.2 Å². The van der Waals surface area contributed by atoms with Gasteiger partial charge in [0, 0.05) is 33.2 Å². The molecule has 2 amide bonds. The first-order chi connectivity index (χ1) is 27.4. The van der Waals surface area contributed by atoms with Crippen molar-refractivity contribution in [2.75, 3.05) is 22.9 Å². The van der Waals surface area contributed by atoms with E-state index in [1.54, 1.807) is 0 Å². The van der Waals surface area contributed by atoms with E-state index in [4.69, 9.17) is 0 Å². The predicted octanol–water partition coefficient (Wildman–Crippen LogP) is 9.61. The maximum absolute atomic E-state index is 16.3. The monoisotopic (exact) mass is 860 g/mol. The molecule has 0 aromatic heterocycles. The summed E-state index contributed by atoms with van der Waals surface area (Å²) in [6, 6.07) is 49.7. The molecule has 0 N–H and O–H groups in total. The molecule has 276 valence electrons. The van der Waals surface area contributed by atoms with E-state index in [9.17, 15) is 0 Å². The molecule has 1 fully saturated rings. The van der Waals surface area contributed by atoms with Crippen LogP contribution in [0.25, 0.3) is 0 Å². The van der Waals surface area contributed by atoms with Gasteiger partial charge in [0.05, 0.1) is 36.5 Å². The normalized spacial score (nSPS) is 24.8. The molecule has 6 aromatic carbocycles. The van der Waals surface area contributed by atoms with Crippen LogP contribution in [0, 0.1) is 0 Å². The number of piperazine rings is 1. The first-order valence-electron chi connectivity index (χ1n) is 19.4.